The van der Waals surface area contributed by atoms with E-state index in [0.717, 1.165) is 11.1 Å². The van der Waals surface area contributed by atoms with Gasteiger partial charge < -0.3 is 5.11 Å². The number of rotatable bonds is 4. The van der Waals surface area contributed by atoms with Crippen LogP contribution < -0.4 is 0 Å². The average Bonchev–Trinajstić information content (AvgIpc) is 2.15. The highest BCUT2D eigenvalue weighted by atomic mass is 16.8. The Bertz CT molecular complexity index is 351. The van der Waals surface area contributed by atoms with Crippen LogP contribution in [0.3, 0.4) is 0 Å². The molecule has 0 spiro atoms. The zero-order valence-electron chi connectivity index (χ0n) is 8.29. The molecule has 1 aromatic carbocycles. The summed E-state index contributed by atoms with van der Waals surface area (Å²) in [6.07, 6.45) is 0.0506. The Morgan fingerprint density at radius 2 is 2.00 bits per heavy atom. The third-order valence-corrected chi connectivity index (χ3v) is 2.24. The summed E-state index contributed by atoms with van der Waals surface area (Å²) in [5.41, 5.74) is 1.70. The van der Waals surface area contributed by atoms with Crippen molar-refractivity contribution in [2.75, 3.05) is 0 Å². The molecule has 0 bridgehead atoms. The molecule has 5 nitrogen and oxygen atoms in total. The fourth-order valence-corrected chi connectivity index (χ4v) is 1.32. The number of hydrogen-bond acceptors (Lipinski definition) is 4. The van der Waals surface area contributed by atoms with Crippen LogP contribution in [0.1, 0.15) is 11.1 Å². The Labute approximate surface area is 87.1 Å². The van der Waals surface area contributed by atoms with E-state index in [1.165, 1.54) is 0 Å². The molecule has 0 saturated carbocycles. The van der Waals surface area contributed by atoms with E-state index < -0.39 is 12.0 Å². The number of carboxylic acid groups (broad SMARTS) is 1. The van der Waals surface area contributed by atoms with Crippen molar-refractivity contribution in [1.29, 1.82) is 0 Å². The van der Waals surface area contributed by atoms with E-state index >= 15 is 0 Å². The zero-order chi connectivity index (χ0) is 11.4. The van der Waals surface area contributed by atoms with Gasteiger partial charge in [0.25, 0.3) is 0 Å². The van der Waals surface area contributed by atoms with E-state index in [0.29, 0.717) is 0 Å². The molecule has 1 rings (SSSR count). The highest BCUT2D eigenvalue weighted by Gasteiger charge is 2.24. The number of carbonyl (C=O) groups is 1. The van der Waals surface area contributed by atoms with Crippen LogP contribution in [-0.2, 0) is 11.2 Å². The lowest BCUT2D eigenvalue weighted by Crippen LogP contribution is -2.38. The molecule has 0 heterocycles. The van der Waals surface area contributed by atoms with Gasteiger partial charge in [-0.1, -0.05) is 29.5 Å². The van der Waals surface area contributed by atoms with Crippen LogP contribution in [0.15, 0.2) is 24.3 Å². The van der Waals surface area contributed by atoms with Gasteiger partial charge >= 0.3 is 5.97 Å². The summed E-state index contributed by atoms with van der Waals surface area (Å²) >= 11 is 0. The summed E-state index contributed by atoms with van der Waals surface area (Å²) in [6.45, 7) is 1.84. The largest absolute Gasteiger partial charge is 0.480 e. The van der Waals surface area contributed by atoms with E-state index in [1.807, 2.05) is 19.1 Å². The summed E-state index contributed by atoms with van der Waals surface area (Å²) < 4.78 is 0. The molecule has 0 amide bonds. The van der Waals surface area contributed by atoms with E-state index in [1.54, 1.807) is 12.1 Å². The molecule has 0 aromatic heterocycles. The topological polar surface area (TPSA) is 81.0 Å². The minimum Gasteiger partial charge on any atom is -0.480 e. The second kappa shape index (κ2) is 4.88. The molecule has 0 aliphatic carbocycles. The third kappa shape index (κ3) is 3.02. The molecule has 3 N–H and O–H groups in total. The predicted molar refractivity (Wildman–Crippen MR) is 51.7 cm³/mol. The summed E-state index contributed by atoms with van der Waals surface area (Å²) in [4.78, 5) is 10.7. The first-order chi connectivity index (χ1) is 7.02. The van der Waals surface area contributed by atoms with Gasteiger partial charge in [0.15, 0.2) is 6.04 Å². The Hall–Kier alpha value is -1.43. The molecular weight excluding hydrogens is 198 g/mol. The predicted octanol–water partition coefficient (Wildman–Crippen LogP) is 1.07. The Balaban J connectivity index is 2.84. The van der Waals surface area contributed by atoms with Gasteiger partial charge in [0.05, 0.1) is 0 Å². The number of hydroxylamine groups is 2. The molecule has 0 aliphatic rings. The van der Waals surface area contributed by atoms with Crippen molar-refractivity contribution in [3.05, 3.63) is 35.4 Å². The molecule has 82 valence electrons. The smallest absolute Gasteiger partial charge is 0.326 e. The van der Waals surface area contributed by atoms with Crippen LogP contribution in [0.5, 0.6) is 0 Å². The van der Waals surface area contributed by atoms with Gasteiger partial charge in [-0.25, -0.2) is 0 Å². The van der Waals surface area contributed by atoms with Gasteiger partial charge in [0, 0.05) is 6.42 Å². The SMILES string of the molecule is Cc1ccccc1C[C@@H](C(=O)O)N(O)O. The van der Waals surface area contributed by atoms with E-state index in [-0.39, 0.29) is 11.6 Å². The minimum atomic E-state index is -1.34. The van der Waals surface area contributed by atoms with Crippen LogP contribution in [0.2, 0.25) is 0 Å². The highest BCUT2D eigenvalue weighted by molar-refractivity contribution is 5.73. The average molecular weight is 211 g/mol. The lowest BCUT2D eigenvalue weighted by molar-refractivity contribution is -0.327. The maximum absolute atomic E-state index is 10.7. The van der Waals surface area contributed by atoms with Crippen molar-refractivity contribution in [3.8, 4) is 0 Å². The zero-order valence-corrected chi connectivity index (χ0v) is 8.29. The molecule has 1 aromatic rings. The monoisotopic (exact) mass is 211 g/mol. The van der Waals surface area contributed by atoms with Gasteiger partial charge in [-0.15, -0.1) is 0 Å². The number of carboxylic acids is 1. The van der Waals surface area contributed by atoms with E-state index in [4.69, 9.17) is 15.5 Å². The van der Waals surface area contributed by atoms with Crippen molar-refractivity contribution in [1.82, 2.24) is 5.23 Å². The van der Waals surface area contributed by atoms with Gasteiger partial charge in [-0.2, -0.15) is 0 Å². The standard InChI is InChI=1S/C10H13NO4/c1-7-4-2-3-5-8(7)6-9(10(12)13)11(14)15/h2-5,9,14-15H,6H2,1H3,(H,12,13)/t9-/m0/s1. The first-order valence-corrected chi connectivity index (χ1v) is 4.46. The summed E-state index contributed by atoms with van der Waals surface area (Å²) in [6, 6.07) is 5.87. The molecule has 5 heteroatoms. The minimum absolute atomic E-state index is 0.0506. The summed E-state index contributed by atoms with van der Waals surface area (Å²) in [5.74, 6) is -1.27. The molecule has 15 heavy (non-hydrogen) atoms. The Morgan fingerprint density at radius 3 is 2.47 bits per heavy atom. The van der Waals surface area contributed by atoms with Crippen LogP contribution in [-0.4, -0.2) is 32.8 Å². The highest BCUT2D eigenvalue weighted by Crippen LogP contribution is 2.11. The lowest BCUT2D eigenvalue weighted by Gasteiger charge is -2.17. The van der Waals surface area contributed by atoms with Crippen molar-refractivity contribution in [2.45, 2.75) is 19.4 Å². The summed E-state index contributed by atoms with van der Waals surface area (Å²) in [5, 5.41) is 26.0. The summed E-state index contributed by atoms with van der Waals surface area (Å²) in [7, 11) is 0. The lowest BCUT2D eigenvalue weighted by atomic mass is 10.0. The number of nitrogens with zero attached hydrogens (tertiary/aromatic N) is 1. The molecule has 0 saturated heterocycles. The Morgan fingerprint density at radius 1 is 1.40 bits per heavy atom. The van der Waals surface area contributed by atoms with Crippen LogP contribution >= 0.6 is 0 Å². The van der Waals surface area contributed by atoms with Crippen molar-refractivity contribution in [2.24, 2.45) is 0 Å². The fourth-order valence-electron chi connectivity index (χ4n) is 1.32. The van der Waals surface area contributed by atoms with Crippen molar-refractivity contribution < 1.29 is 20.3 Å². The van der Waals surface area contributed by atoms with Gasteiger partial charge in [0.2, 0.25) is 0 Å². The second-order valence-corrected chi connectivity index (χ2v) is 3.31. The normalized spacial score (nSPS) is 12.8. The number of aryl methyl sites for hydroxylation is 1. The van der Waals surface area contributed by atoms with E-state index in [9.17, 15) is 4.79 Å². The van der Waals surface area contributed by atoms with Crippen LogP contribution in [0.4, 0.5) is 0 Å². The number of benzene rings is 1. The fraction of sp³-hybridized carbons (Fsp3) is 0.300. The first-order valence-electron chi connectivity index (χ1n) is 4.46. The molecule has 0 fully saturated rings. The molecule has 0 radical (unpaired) electrons. The second-order valence-electron chi connectivity index (χ2n) is 3.31. The third-order valence-electron chi connectivity index (χ3n) is 2.24. The van der Waals surface area contributed by atoms with Crippen LogP contribution in [0.25, 0.3) is 0 Å². The molecular formula is C10H13NO4. The van der Waals surface area contributed by atoms with Gasteiger partial charge in [-0.3, -0.25) is 15.2 Å². The maximum Gasteiger partial charge on any atom is 0.326 e. The number of hydrogen-bond donors (Lipinski definition) is 3. The Kier molecular flexibility index (Phi) is 3.79. The molecule has 0 aliphatic heterocycles. The van der Waals surface area contributed by atoms with E-state index in [2.05, 4.69) is 0 Å². The van der Waals surface area contributed by atoms with Crippen molar-refractivity contribution in [3.63, 3.8) is 0 Å². The molecule has 0 unspecified atom stereocenters. The maximum atomic E-state index is 10.7. The van der Waals surface area contributed by atoms with Crippen molar-refractivity contribution >= 4 is 5.97 Å². The quantitative estimate of drug-likeness (QED) is 0.649. The van der Waals surface area contributed by atoms with Crippen LogP contribution in [0, 0.1) is 6.92 Å². The van der Waals surface area contributed by atoms with Gasteiger partial charge in [-0.05, 0) is 18.1 Å². The first kappa shape index (κ1) is 11.6. The molecule has 1 atom stereocenters. The van der Waals surface area contributed by atoms with Gasteiger partial charge in [0.1, 0.15) is 0 Å². The number of aliphatic carboxylic acids is 1.